The lowest BCUT2D eigenvalue weighted by atomic mass is 9.90. The molecule has 0 fully saturated rings. The topological polar surface area (TPSA) is 58.6 Å². The van der Waals surface area contributed by atoms with Crippen molar-refractivity contribution in [2.45, 2.75) is 33.0 Å². The lowest BCUT2D eigenvalue weighted by Crippen LogP contribution is -2.28. The van der Waals surface area contributed by atoms with Crippen LogP contribution in [0.15, 0.2) is 48.5 Å². The van der Waals surface area contributed by atoms with Crippen LogP contribution in [0.4, 0.5) is 13.2 Å². The maximum atomic E-state index is 12.8. The van der Waals surface area contributed by atoms with E-state index in [1.165, 1.54) is 12.1 Å². The molecule has 0 saturated carbocycles. The fourth-order valence-corrected chi connectivity index (χ4v) is 2.33. The highest BCUT2D eigenvalue weighted by molar-refractivity contribution is 5.73. The molecule has 0 saturated heterocycles. The van der Waals surface area contributed by atoms with Gasteiger partial charge in [0.05, 0.1) is 11.0 Å². The summed E-state index contributed by atoms with van der Waals surface area (Å²) in [5.74, 6) is -0.307. The number of carbonyl (C=O) groups is 1. The van der Waals surface area contributed by atoms with Gasteiger partial charge >= 0.3 is 12.1 Å². The predicted molar refractivity (Wildman–Crippen MR) is 95.7 cm³/mol. The molecule has 2 N–H and O–H groups in total. The van der Waals surface area contributed by atoms with Crippen molar-refractivity contribution in [1.29, 1.82) is 0 Å². The van der Waals surface area contributed by atoms with Crippen LogP contribution < -0.4 is 10.1 Å². The quantitative estimate of drug-likeness (QED) is 0.626. The van der Waals surface area contributed by atoms with E-state index in [2.05, 4.69) is 5.32 Å². The lowest BCUT2D eigenvalue weighted by Gasteiger charge is -2.19. The first kappa shape index (κ1) is 20.8. The van der Waals surface area contributed by atoms with Crippen LogP contribution in [0.25, 0.3) is 0 Å². The van der Waals surface area contributed by atoms with Gasteiger partial charge in [-0.2, -0.15) is 13.2 Å². The predicted octanol–water partition coefficient (Wildman–Crippen LogP) is 5.09. The Bertz CT molecular complexity index is 788. The summed E-state index contributed by atoms with van der Waals surface area (Å²) < 4.78 is 43.9. The molecular weight excluding hydrogens is 359 g/mol. The second-order valence-electron chi connectivity index (χ2n) is 6.89. The van der Waals surface area contributed by atoms with Gasteiger partial charge in [0.15, 0.2) is 0 Å². The van der Waals surface area contributed by atoms with Crippen molar-refractivity contribution in [2.24, 2.45) is 5.41 Å². The Hall–Kier alpha value is -2.54. The first-order valence-corrected chi connectivity index (χ1v) is 8.46. The third-order valence-corrected chi connectivity index (χ3v) is 4.13. The molecule has 0 spiro atoms. The van der Waals surface area contributed by atoms with Crippen molar-refractivity contribution in [1.82, 2.24) is 5.32 Å². The average Bonchev–Trinajstić information content (AvgIpc) is 2.58. The number of benzene rings is 2. The van der Waals surface area contributed by atoms with E-state index in [1.54, 1.807) is 32.0 Å². The largest absolute Gasteiger partial charge is 0.481 e. The standard InChI is InChI=1S/C20H22F3NO3/c1-19(2,18(25)26)9-10-24-13-14-5-3-7-16(11-14)27-17-8-4-6-15(12-17)20(21,22)23/h3-8,11-12,24H,9-10,13H2,1-2H3,(H,25,26). The Balaban J connectivity index is 1.95. The molecular formula is C20H22F3NO3. The van der Waals surface area contributed by atoms with Gasteiger partial charge in [0.25, 0.3) is 0 Å². The second-order valence-corrected chi connectivity index (χ2v) is 6.89. The maximum absolute atomic E-state index is 12.8. The Kier molecular flexibility index (Phi) is 6.49. The zero-order valence-corrected chi connectivity index (χ0v) is 15.1. The van der Waals surface area contributed by atoms with Crippen LogP contribution in [0, 0.1) is 5.41 Å². The van der Waals surface area contributed by atoms with Crippen LogP contribution in [-0.2, 0) is 17.5 Å². The minimum Gasteiger partial charge on any atom is -0.481 e. The monoisotopic (exact) mass is 381 g/mol. The van der Waals surface area contributed by atoms with E-state index in [0.717, 1.165) is 17.7 Å². The summed E-state index contributed by atoms with van der Waals surface area (Å²) in [5, 5.41) is 12.3. The summed E-state index contributed by atoms with van der Waals surface area (Å²) in [5.41, 5.74) is -0.687. The Morgan fingerprint density at radius 1 is 1.07 bits per heavy atom. The third kappa shape index (κ3) is 6.29. The zero-order chi connectivity index (χ0) is 20.1. The molecule has 2 aromatic rings. The van der Waals surface area contributed by atoms with Crippen molar-refractivity contribution in [3.05, 3.63) is 59.7 Å². The highest BCUT2D eigenvalue weighted by atomic mass is 19.4. The molecule has 0 aliphatic carbocycles. The number of carboxylic acid groups (broad SMARTS) is 1. The fourth-order valence-electron chi connectivity index (χ4n) is 2.33. The summed E-state index contributed by atoms with van der Waals surface area (Å²) in [4.78, 5) is 11.1. The number of hydrogen-bond donors (Lipinski definition) is 2. The molecule has 0 amide bonds. The van der Waals surface area contributed by atoms with Gasteiger partial charge < -0.3 is 15.2 Å². The Morgan fingerprint density at radius 3 is 2.33 bits per heavy atom. The molecule has 0 aromatic heterocycles. The van der Waals surface area contributed by atoms with Crippen LogP contribution in [0.5, 0.6) is 11.5 Å². The lowest BCUT2D eigenvalue weighted by molar-refractivity contribution is -0.147. The summed E-state index contributed by atoms with van der Waals surface area (Å²) in [6.45, 7) is 4.36. The van der Waals surface area contributed by atoms with Crippen molar-refractivity contribution in [3.8, 4) is 11.5 Å². The van der Waals surface area contributed by atoms with Crippen LogP contribution >= 0.6 is 0 Å². The number of carboxylic acids is 1. The summed E-state index contributed by atoms with van der Waals surface area (Å²) >= 11 is 0. The molecule has 7 heteroatoms. The summed E-state index contributed by atoms with van der Waals surface area (Å²) in [6, 6.07) is 11.7. The van der Waals surface area contributed by atoms with E-state index >= 15 is 0 Å². The van der Waals surface area contributed by atoms with E-state index in [1.807, 2.05) is 6.07 Å². The molecule has 0 aliphatic rings. The van der Waals surface area contributed by atoms with E-state index in [9.17, 15) is 18.0 Å². The number of aliphatic carboxylic acids is 1. The highest BCUT2D eigenvalue weighted by Crippen LogP contribution is 2.32. The number of halogens is 3. The maximum Gasteiger partial charge on any atom is 0.416 e. The van der Waals surface area contributed by atoms with E-state index in [0.29, 0.717) is 25.3 Å². The van der Waals surface area contributed by atoms with Crippen molar-refractivity contribution in [2.75, 3.05) is 6.54 Å². The Labute approximate surface area is 156 Å². The van der Waals surface area contributed by atoms with E-state index < -0.39 is 23.1 Å². The molecule has 0 radical (unpaired) electrons. The summed E-state index contributed by atoms with van der Waals surface area (Å²) in [7, 11) is 0. The molecule has 0 bridgehead atoms. The van der Waals surface area contributed by atoms with Gasteiger partial charge in [-0.1, -0.05) is 18.2 Å². The van der Waals surface area contributed by atoms with Gasteiger partial charge in [0.1, 0.15) is 11.5 Å². The fraction of sp³-hybridized carbons (Fsp3) is 0.350. The van der Waals surface area contributed by atoms with Gasteiger partial charge in [0, 0.05) is 6.54 Å². The van der Waals surface area contributed by atoms with Crippen molar-refractivity contribution >= 4 is 5.97 Å². The first-order valence-electron chi connectivity index (χ1n) is 8.46. The Morgan fingerprint density at radius 2 is 1.70 bits per heavy atom. The van der Waals surface area contributed by atoms with Gasteiger partial charge in [0.2, 0.25) is 0 Å². The minimum absolute atomic E-state index is 0.109. The number of hydrogen-bond acceptors (Lipinski definition) is 3. The van der Waals surface area contributed by atoms with Crippen molar-refractivity contribution < 1.29 is 27.8 Å². The molecule has 0 unspecified atom stereocenters. The number of nitrogens with one attached hydrogen (secondary N) is 1. The number of alkyl halides is 3. The van der Waals surface area contributed by atoms with E-state index in [-0.39, 0.29) is 5.75 Å². The molecule has 4 nitrogen and oxygen atoms in total. The van der Waals surface area contributed by atoms with Gasteiger partial charge in [-0.25, -0.2) is 0 Å². The van der Waals surface area contributed by atoms with E-state index in [4.69, 9.17) is 9.84 Å². The van der Waals surface area contributed by atoms with Gasteiger partial charge in [-0.15, -0.1) is 0 Å². The van der Waals surface area contributed by atoms with Crippen LogP contribution in [0.2, 0.25) is 0 Å². The van der Waals surface area contributed by atoms with Crippen LogP contribution in [0.1, 0.15) is 31.4 Å². The third-order valence-electron chi connectivity index (χ3n) is 4.13. The minimum atomic E-state index is -4.42. The van der Waals surface area contributed by atoms with Crippen molar-refractivity contribution in [3.63, 3.8) is 0 Å². The molecule has 27 heavy (non-hydrogen) atoms. The first-order chi connectivity index (χ1) is 12.6. The van der Waals surface area contributed by atoms with Gasteiger partial charge in [-0.05, 0) is 62.7 Å². The molecule has 0 heterocycles. The molecule has 2 rings (SSSR count). The van der Waals surface area contributed by atoms with Gasteiger partial charge in [-0.3, -0.25) is 4.79 Å². The normalized spacial score (nSPS) is 12.0. The second kappa shape index (κ2) is 8.43. The smallest absolute Gasteiger partial charge is 0.416 e. The highest BCUT2D eigenvalue weighted by Gasteiger charge is 2.30. The molecule has 0 aliphatic heterocycles. The summed E-state index contributed by atoms with van der Waals surface area (Å²) in [6.07, 6.45) is -3.95. The van der Waals surface area contributed by atoms with Crippen LogP contribution in [0.3, 0.4) is 0 Å². The number of ether oxygens (including phenoxy) is 1. The number of rotatable bonds is 8. The zero-order valence-electron chi connectivity index (χ0n) is 15.1. The average molecular weight is 381 g/mol. The molecule has 2 aromatic carbocycles. The molecule has 146 valence electrons. The molecule has 0 atom stereocenters. The van der Waals surface area contributed by atoms with Crippen LogP contribution in [-0.4, -0.2) is 17.6 Å². The SMILES string of the molecule is CC(C)(CCNCc1cccc(Oc2cccc(C(F)(F)F)c2)c1)C(=O)O.